The van der Waals surface area contributed by atoms with E-state index in [1.54, 1.807) is 25.4 Å². The van der Waals surface area contributed by atoms with Gasteiger partial charge in [-0.3, -0.25) is 0 Å². The van der Waals surface area contributed by atoms with Crippen LogP contribution in [-0.2, 0) is 27.2 Å². The number of aryl methyl sites for hydroxylation is 1. The van der Waals surface area contributed by atoms with E-state index in [1.807, 2.05) is 6.07 Å². The van der Waals surface area contributed by atoms with Crippen LogP contribution >= 0.6 is 0 Å². The molecule has 3 aliphatic rings. The number of methoxy groups -OCH3 is 2. The Bertz CT molecular complexity index is 1280. The van der Waals surface area contributed by atoms with Gasteiger partial charge in [0, 0.05) is 19.8 Å². The maximum absolute atomic E-state index is 6.70. The van der Waals surface area contributed by atoms with Crippen molar-refractivity contribution in [1.29, 1.82) is 0 Å². The van der Waals surface area contributed by atoms with Crippen LogP contribution in [0.4, 0.5) is 0 Å². The van der Waals surface area contributed by atoms with Crippen LogP contribution < -0.4 is 9.47 Å². The fraction of sp³-hybridized carbons (Fsp3) is 0.632. The van der Waals surface area contributed by atoms with Gasteiger partial charge in [0.25, 0.3) is 0 Å². The molecule has 5 rings (SSSR count). The first-order valence-corrected chi connectivity index (χ1v) is 16.3. The first-order chi connectivity index (χ1) is 20.5. The summed E-state index contributed by atoms with van der Waals surface area (Å²) in [5, 5.41) is 0. The molecule has 3 aliphatic carbocycles. The van der Waals surface area contributed by atoms with Gasteiger partial charge in [0.15, 0.2) is 13.6 Å². The van der Waals surface area contributed by atoms with E-state index in [0.717, 1.165) is 29.9 Å². The lowest BCUT2D eigenvalue weighted by Gasteiger charge is -2.65. The van der Waals surface area contributed by atoms with Gasteiger partial charge in [0.1, 0.15) is 11.5 Å². The predicted octanol–water partition coefficient (Wildman–Crippen LogP) is 9.06. The summed E-state index contributed by atoms with van der Waals surface area (Å²) < 4.78 is 29.3. The molecule has 43 heavy (non-hydrogen) atoms. The highest BCUT2D eigenvalue weighted by molar-refractivity contribution is 5.49. The van der Waals surface area contributed by atoms with Crippen molar-refractivity contribution in [3.8, 4) is 11.5 Å². The first kappa shape index (κ1) is 32.1. The van der Waals surface area contributed by atoms with Gasteiger partial charge < -0.3 is 23.7 Å². The van der Waals surface area contributed by atoms with Gasteiger partial charge in [0.05, 0.1) is 12.7 Å². The number of allylic oxidation sites excluding steroid dienone is 2. The highest BCUT2D eigenvalue weighted by Gasteiger charge is 2.62. The van der Waals surface area contributed by atoms with Crippen molar-refractivity contribution in [1.82, 2.24) is 0 Å². The van der Waals surface area contributed by atoms with Crippen LogP contribution in [-0.4, -0.2) is 33.9 Å². The van der Waals surface area contributed by atoms with Gasteiger partial charge in [-0.05, 0) is 110 Å². The molecular weight excluding hydrogens is 536 g/mol. The van der Waals surface area contributed by atoms with Crippen molar-refractivity contribution in [3.63, 3.8) is 0 Å². The van der Waals surface area contributed by atoms with E-state index >= 15 is 0 Å². The second-order valence-corrected chi connectivity index (χ2v) is 14.5. The Kier molecular flexibility index (Phi) is 9.66. The number of benzene rings is 2. The minimum Gasteiger partial charge on any atom is -0.468 e. The molecule has 5 nitrogen and oxygen atoms in total. The van der Waals surface area contributed by atoms with Gasteiger partial charge in [-0.25, -0.2) is 0 Å². The Hall–Kier alpha value is -2.34. The molecule has 0 bridgehead atoms. The van der Waals surface area contributed by atoms with E-state index in [0.29, 0.717) is 18.4 Å². The van der Waals surface area contributed by atoms with Crippen molar-refractivity contribution in [2.75, 3.05) is 27.8 Å². The lowest BCUT2D eigenvalue weighted by atomic mass is 9.40. The number of rotatable bonds is 11. The lowest BCUT2D eigenvalue weighted by Crippen LogP contribution is -2.60. The van der Waals surface area contributed by atoms with E-state index in [2.05, 4.69) is 77.9 Å². The zero-order valence-corrected chi connectivity index (χ0v) is 27.9. The van der Waals surface area contributed by atoms with Crippen LogP contribution in [0, 0.1) is 35.0 Å². The summed E-state index contributed by atoms with van der Waals surface area (Å²) in [4.78, 5) is 0. The average molecular weight is 591 g/mol. The number of hydrogen-bond acceptors (Lipinski definition) is 5. The molecule has 0 unspecified atom stereocenters. The van der Waals surface area contributed by atoms with Crippen LogP contribution in [0.3, 0.4) is 0 Å². The molecule has 236 valence electrons. The minimum absolute atomic E-state index is 0.130. The Morgan fingerprint density at radius 1 is 0.814 bits per heavy atom. The summed E-state index contributed by atoms with van der Waals surface area (Å²) >= 11 is 0. The van der Waals surface area contributed by atoms with Gasteiger partial charge in [-0.15, -0.1) is 0 Å². The smallest absolute Gasteiger partial charge is 0.188 e. The number of fused-ring (bicyclic) bond motifs is 3. The van der Waals surface area contributed by atoms with Gasteiger partial charge >= 0.3 is 0 Å². The van der Waals surface area contributed by atoms with Crippen molar-refractivity contribution in [3.05, 3.63) is 70.3 Å². The molecule has 0 radical (unpaired) electrons. The van der Waals surface area contributed by atoms with E-state index < -0.39 is 0 Å². The van der Waals surface area contributed by atoms with Crippen LogP contribution in [0.15, 0.2) is 53.6 Å². The van der Waals surface area contributed by atoms with E-state index in [4.69, 9.17) is 23.7 Å². The standard InChI is InChI=1S/C38H54O5/c1-26-14-15-33-37(5,31(26)22-29-21-30(42-24-39-7)20-27(2)35(29)43-25-40-8)18-16-32-36(3,4)34(17-19-38(32,33)6)41-23-28-12-10-9-11-13-28/h9-13,20-21,32-34H,14-19,22-25H2,1-8H3/t32-,33-,34-,37-,38-/m0/s1. The number of ether oxygens (including phenoxy) is 5. The Labute approximate surface area is 260 Å². The van der Waals surface area contributed by atoms with E-state index in [9.17, 15) is 0 Å². The summed E-state index contributed by atoms with van der Waals surface area (Å²) in [6.07, 6.45) is 8.41. The predicted molar refractivity (Wildman–Crippen MR) is 172 cm³/mol. The van der Waals surface area contributed by atoms with Gasteiger partial charge in [-0.2, -0.15) is 0 Å². The third-order valence-corrected chi connectivity index (χ3v) is 11.7. The second-order valence-electron chi connectivity index (χ2n) is 14.5. The fourth-order valence-electron chi connectivity index (χ4n) is 9.63. The molecule has 0 amide bonds. The molecule has 0 N–H and O–H groups in total. The fourth-order valence-corrected chi connectivity index (χ4v) is 9.63. The van der Waals surface area contributed by atoms with Crippen LogP contribution in [0.2, 0.25) is 0 Å². The second kappa shape index (κ2) is 12.9. The molecule has 2 saturated carbocycles. The molecule has 0 saturated heterocycles. The van der Waals surface area contributed by atoms with Crippen LogP contribution in [0.5, 0.6) is 11.5 Å². The maximum atomic E-state index is 6.70. The summed E-state index contributed by atoms with van der Waals surface area (Å²) in [6.45, 7) is 15.8. The largest absolute Gasteiger partial charge is 0.468 e. The molecular formula is C38H54O5. The molecule has 5 atom stereocenters. The molecule has 0 aliphatic heterocycles. The third kappa shape index (κ3) is 6.15. The first-order valence-electron chi connectivity index (χ1n) is 16.3. The molecule has 0 heterocycles. The highest BCUT2D eigenvalue weighted by Crippen LogP contribution is 2.69. The van der Waals surface area contributed by atoms with E-state index in [-0.39, 0.29) is 35.9 Å². The lowest BCUT2D eigenvalue weighted by molar-refractivity contribution is -0.184. The molecule has 2 fully saturated rings. The van der Waals surface area contributed by atoms with Crippen molar-refractivity contribution in [2.45, 2.75) is 99.2 Å². The normalized spacial score (nSPS) is 30.0. The zero-order valence-electron chi connectivity index (χ0n) is 27.9. The molecule has 2 aromatic carbocycles. The molecule has 2 aromatic rings. The quantitative estimate of drug-likeness (QED) is 0.193. The molecule has 0 aromatic heterocycles. The molecule has 0 spiro atoms. The SMILES string of the molecule is COCOc1cc(C)c(OCOC)c(CC2=C(C)CC[C@@H]3[C@@]4(C)CC[C@H](OCc5ccccc5)C(C)(C)[C@@H]4CC[C@@]23C)c1. The van der Waals surface area contributed by atoms with E-state index in [1.165, 1.54) is 43.2 Å². The van der Waals surface area contributed by atoms with Crippen LogP contribution in [0.25, 0.3) is 0 Å². The minimum atomic E-state index is 0.130. The highest BCUT2D eigenvalue weighted by atomic mass is 16.7. The summed E-state index contributed by atoms with van der Waals surface area (Å²) in [5.41, 5.74) is 7.22. The average Bonchev–Trinajstić information content (AvgIpc) is 2.97. The Morgan fingerprint density at radius 3 is 2.26 bits per heavy atom. The van der Waals surface area contributed by atoms with Crippen molar-refractivity contribution in [2.24, 2.45) is 28.1 Å². The topological polar surface area (TPSA) is 46.2 Å². The van der Waals surface area contributed by atoms with Crippen LogP contribution in [0.1, 0.15) is 89.8 Å². The molecule has 5 heteroatoms. The monoisotopic (exact) mass is 590 g/mol. The van der Waals surface area contributed by atoms with Crippen molar-refractivity contribution < 1.29 is 23.7 Å². The summed E-state index contributed by atoms with van der Waals surface area (Å²) in [7, 11) is 3.33. The summed E-state index contributed by atoms with van der Waals surface area (Å²) in [6, 6.07) is 14.8. The summed E-state index contributed by atoms with van der Waals surface area (Å²) in [5.74, 6) is 3.01. The number of hydrogen-bond donors (Lipinski definition) is 0. The van der Waals surface area contributed by atoms with Gasteiger partial charge in [-0.1, -0.05) is 69.2 Å². The third-order valence-electron chi connectivity index (χ3n) is 11.7. The maximum Gasteiger partial charge on any atom is 0.188 e. The van der Waals surface area contributed by atoms with Gasteiger partial charge in [0.2, 0.25) is 0 Å². The van der Waals surface area contributed by atoms with Crippen molar-refractivity contribution >= 4 is 0 Å². The zero-order chi connectivity index (χ0) is 30.8. The Morgan fingerprint density at radius 2 is 1.53 bits per heavy atom. The Balaban J connectivity index is 1.42.